The number of halogens is 2. The number of carbonyl (C=O) groups is 1. The molecule has 0 unspecified atom stereocenters. The Hall–Kier alpha value is -1.49. The second-order valence-electron chi connectivity index (χ2n) is 2.34. The van der Waals surface area contributed by atoms with Gasteiger partial charge in [0.1, 0.15) is 0 Å². The summed E-state index contributed by atoms with van der Waals surface area (Å²) < 4.78 is 23.8. The zero-order valence-corrected chi connectivity index (χ0v) is 6.65. The number of nitrogens with zero attached hydrogens (tertiary/aromatic N) is 1. The van der Waals surface area contributed by atoms with Gasteiger partial charge in [-0.05, 0) is 12.1 Å². The second kappa shape index (κ2) is 3.95. The Morgan fingerprint density at radius 3 is 2.31 bits per heavy atom. The van der Waals surface area contributed by atoms with Gasteiger partial charge in [0.25, 0.3) is 0 Å². The summed E-state index contributed by atoms with van der Waals surface area (Å²) in [6.45, 7) is 0. The highest BCUT2D eigenvalue weighted by atomic mass is 19.3. The minimum atomic E-state index is -3.08. The Bertz CT molecular complexity index is 289. The fraction of sp³-hybridized carbons (Fsp3) is 0.125. The van der Waals surface area contributed by atoms with Crippen LogP contribution in [-0.4, -0.2) is 12.3 Å². The maximum Gasteiger partial charge on any atom is 0.317 e. The molecule has 3 nitrogen and oxygen atoms in total. The van der Waals surface area contributed by atoms with Gasteiger partial charge in [0.2, 0.25) is 0 Å². The van der Waals surface area contributed by atoms with Crippen LogP contribution in [0.5, 0.6) is 0 Å². The monoisotopic (exact) mass is 186 g/mol. The molecule has 0 bridgehead atoms. The normalized spacial score (nSPS) is 10.2. The van der Waals surface area contributed by atoms with Crippen molar-refractivity contribution in [1.82, 2.24) is 0 Å². The topological polar surface area (TPSA) is 46.3 Å². The van der Waals surface area contributed by atoms with E-state index in [1.54, 1.807) is 18.2 Å². The molecule has 0 aromatic heterocycles. The first-order valence-electron chi connectivity index (χ1n) is 3.55. The van der Waals surface area contributed by atoms with Crippen molar-refractivity contribution in [2.45, 2.75) is 6.43 Å². The lowest BCUT2D eigenvalue weighted by Crippen LogP contribution is -2.41. The fourth-order valence-corrected chi connectivity index (χ4v) is 0.821. The summed E-state index contributed by atoms with van der Waals surface area (Å²) in [6, 6.07) is 7.85. The van der Waals surface area contributed by atoms with Crippen molar-refractivity contribution in [3.63, 3.8) is 0 Å². The Kier molecular flexibility index (Phi) is 2.92. The van der Waals surface area contributed by atoms with Crippen LogP contribution in [0.25, 0.3) is 0 Å². The number of para-hydroxylation sites is 1. The van der Waals surface area contributed by atoms with Crippen molar-refractivity contribution in [3.05, 3.63) is 30.3 Å². The van der Waals surface area contributed by atoms with Crippen LogP contribution in [-0.2, 0) is 4.79 Å². The minimum absolute atomic E-state index is 0.243. The van der Waals surface area contributed by atoms with Gasteiger partial charge in [-0.2, -0.15) is 8.78 Å². The number of carbonyl (C=O) groups excluding carboxylic acids is 1. The van der Waals surface area contributed by atoms with Crippen molar-refractivity contribution in [2.24, 2.45) is 5.84 Å². The maximum atomic E-state index is 11.9. The van der Waals surface area contributed by atoms with E-state index in [0.717, 1.165) is 0 Å². The van der Waals surface area contributed by atoms with E-state index in [-0.39, 0.29) is 5.69 Å². The summed E-state index contributed by atoms with van der Waals surface area (Å²) in [5, 5.41) is 0.435. The lowest BCUT2D eigenvalue weighted by molar-refractivity contribution is -0.129. The van der Waals surface area contributed by atoms with E-state index in [9.17, 15) is 13.6 Å². The first-order chi connectivity index (χ1) is 6.13. The second-order valence-corrected chi connectivity index (χ2v) is 2.34. The molecule has 0 atom stereocenters. The van der Waals surface area contributed by atoms with Crippen LogP contribution in [0.4, 0.5) is 14.5 Å². The highest BCUT2D eigenvalue weighted by Crippen LogP contribution is 2.11. The predicted molar refractivity (Wildman–Crippen MR) is 44.1 cm³/mol. The van der Waals surface area contributed by atoms with Gasteiger partial charge in [-0.25, -0.2) is 10.9 Å². The van der Waals surface area contributed by atoms with Gasteiger partial charge < -0.3 is 0 Å². The van der Waals surface area contributed by atoms with Crippen molar-refractivity contribution < 1.29 is 13.6 Å². The van der Waals surface area contributed by atoms with Gasteiger partial charge in [-0.15, -0.1) is 0 Å². The number of benzene rings is 1. The molecule has 0 fully saturated rings. The molecule has 13 heavy (non-hydrogen) atoms. The molecule has 70 valence electrons. The molecule has 0 aliphatic carbocycles. The van der Waals surface area contributed by atoms with Gasteiger partial charge in [0.05, 0.1) is 5.69 Å². The number of rotatable bonds is 2. The number of nitrogens with two attached hydrogens (primary N) is 1. The smallest absolute Gasteiger partial charge is 0.266 e. The molecule has 0 spiro atoms. The molecule has 0 heterocycles. The first kappa shape index (κ1) is 9.60. The molecular weight excluding hydrogens is 178 g/mol. The number of hydrazine groups is 1. The summed E-state index contributed by atoms with van der Waals surface area (Å²) in [5.41, 5.74) is 0.243. The van der Waals surface area contributed by atoms with E-state index in [0.29, 0.717) is 5.01 Å². The molecule has 1 rings (SSSR count). The Morgan fingerprint density at radius 2 is 1.85 bits per heavy atom. The summed E-state index contributed by atoms with van der Waals surface area (Å²) in [4.78, 5) is 10.7. The predicted octanol–water partition coefficient (Wildman–Crippen LogP) is 1.16. The van der Waals surface area contributed by atoms with Gasteiger partial charge in [0.15, 0.2) is 0 Å². The standard InChI is InChI=1S/C8H8F2N2O/c9-7(10)8(13)12(11)6-4-2-1-3-5-6/h1-5,7H,11H2. The molecule has 2 N–H and O–H groups in total. The van der Waals surface area contributed by atoms with E-state index < -0.39 is 12.3 Å². The maximum absolute atomic E-state index is 11.9. The number of alkyl halides is 2. The lowest BCUT2D eigenvalue weighted by atomic mass is 10.3. The number of hydrogen-bond donors (Lipinski definition) is 1. The minimum Gasteiger partial charge on any atom is -0.266 e. The lowest BCUT2D eigenvalue weighted by Gasteiger charge is -2.15. The molecule has 1 aromatic carbocycles. The zero-order chi connectivity index (χ0) is 9.84. The van der Waals surface area contributed by atoms with Gasteiger partial charge in [-0.1, -0.05) is 18.2 Å². The van der Waals surface area contributed by atoms with Crippen LogP contribution >= 0.6 is 0 Å². The molecule has 0 saturated heterocycles. The third-order valence-electron chi connectivity index (χ3n) is 1.46. The van der Waals surface area contributed by atoms with Crippen molar-refractivity contribution >= 4 is 11.6 Å². The highest BCUT2D eigenvalue weighted by molar-refractivity contribution is 5.94. The summed E-state index contributed by atoms with van der Waals surface area (Å²) in [5.74, 6) is 3.73. The Balaban J connectivity index is 2.80. The van der Waals surface area contributed by atoms with Crippen LogP contribution in [0.1, 0.15) is 0 Å². The van der Waals surface area contributed by atoms with Crippen molar-refractivity contribution in [2.75, 3.05) is 5.01 Å². The third kappa shape index (κ3) is 2.22. The third-order valence-corrected chi connectivity index (χ3v) is 1.46. The average molecular weight is 186 g/mol. The number of amides is 1. The molecule has 5 heteroatoms. The first-order valence-corrected chi connectivity index (χ1v) is 3.55. The van der Waals surface area contributed by atoms with Gasteiger partial charge >= 0.3 is 12.3 Å². The van der Waals surface area contributed by atoms with Gasteiger partial charge in [0, 0.05) is 0 Å². The van der Waals surface area contributed by atoms with E-state index in [1.807, 2.05) is 0 Å². The van der Waals surface area contributed by atoms with E-state index in [2.05, 4.69) is 0 Å². The van der Waals surface area contributed by atoms with Crippen molar-refractivity contribution in [1.29, 1.82) is 0 Å². The highest BCUT2D eigenvalue weighted by Gasteiger charge is 2.21. The molecule has 0 saturated carbocycles. The molecule has 1 amide bonds. The Labute approximate surface area is 73.7 Å². The molecule has 1 aromatic rings. The summed E-state index contributed by atoms with van der Waals surface area (Å²) in [6.07, 6.45) is -3.08. The number of hydrogen-bond acceptors (Lipinski definition) is 2. The quantitative estimate of drug-likeness (QED) is 0.428. The van der Waals surface area contributed by atoms with E-state index in [4.69, 9.17) is 5.84 Å². The van der Waals surface area contributed by atoms with Crippen LogP contribution in [0.3, 0.4) is 0 Å². The summed E-state index contributed by atoms with van der Waals surface area (Å²) >= 11 is 0. The largest absolute Gasteiger partial charge is 0.317 e. The molecule has 0 aliphatic rings. The SMILES string of the molecule is NN(C(=O)C(F)F)c1ccccc1. The average Bonchev–Trinajstić information content (AvgIpc) is 2.17. The zero-order valence-electron chi connectivity index (χ0n) is 6.65. The van der Waals surface area contributed by atoms with Gasteiger partial charge in [-0.3, -0.25) is 4.79 Å². The van der Waals surface area contributed by atoms with E-state index >= 15 is 0 Å². The molecular formula is C8H8F2N2O. The van der Waals surface area contributed by atoms with Crippen LogP contribution in [0, 0.1) is 0 Å². The van der Waals surface area contributed by atoms with Crippen LogP contribution < -0.4 is 10.9 Å². The molecule has 0 radical (unpaired) electrons. The van der Waals surface area contributed by atoms with Crippen molar-refractivity contribution in [3.8, 4) is 0 Å². The van der Waals surface area contributed by atoms with Crippen LogP contribution in [0.15, 0.2) is 30.3 Å². The van der Waals surface area contributed by atoms with E-state index in [1.165, 1.54) is 12.1 Å². The number of anilines is 1. The summed E-state index contributed by atoms with van der Waals surface area (Å²) in [7, 11) is 0. The van der Waals surface area contributed by atoms with Crippen LogP contribution in [0.2, 0.25) is 0 Å². The Morgan fingerprint density at radius 1 is 1.31 bits per heavy atom. The fourth-order valence-electron chi connectivity index (χ4n) is 0.821. The molecule has 0 aliphatic heterocycles.